The second-order valence-electron chi connectivity index (χ2n) is 3.38. The average Bonchev–Trinajstić information content (AvgIpc) is 2.36. The summed E-state index contributed by atoms with van der Waals surface area (Å²) in [6.45, 7) is 1.78. The fraction of sp³-hybridized carbons (Fsp3) is 0.273. The van der Waals surface area contributed by atoms with Gasteiger partial charge in [-0.15, -0.1) is 0 Å². The van der Waals surface area contributed by atoms with Crippen LogP contribution in [-0.4, -0.2) is 26.4 Å². The second kappa shape index (κ2) is 5.58. The molecule has 0 heterocycles. The predicted molar refractivity (Wildman–Crippen MR) is 62.1 cm³/mol. The molecule has 0 saturated heterocycles. The molecule has 0 bridgehead atoms. The molecule has 0 aromatic heterocycles. The summed E-state index contributed by atoms with van der Waals surface area (Å²) >= 11 is 0. The first-order valence-corrected chi connectivity index (χ1v) is 6.69. The number of benzene rings is 1. The van der Waals surface area contributed by atoms with Crippen LogP contribution in [0, 0.1) is 0 Å². The highest BCUT2D eigenvalue weighted by molar-refractivity contribution is 7.91. The maximum atomic E-state index is 11.5. The van der Waals surface area contributed by atoms with Crippen molar-refractivity contribution in [1.29, 1.82) is 0 Å². The number of aldehydes is 1. The van der Waals surface area contributed by atoms with Crippen LogP contribution < -0.4 is 5.32 Å². The lowest BCUT2D eigenvalue weighted by Crippen LogP contribution is -2.23. The summed E-state index contributed by atoms with van der Waals surface area (Å²) in [5.41, 5.74) is 0.732. The van der Waals surface area contributed by atoms with Crippen molar-refractivity contribution in [3.05, 3.63) is 29.8 Å². The number of carbonyl (C=O) groups is 2. The molecule has 0 unspecified atom stereocenters. The molecule has 1 aromatic rings. The van der Waals surface area contributed by atoms with Crippen LogP contribution in [0.5, 0.6) is 0 Å². The normalized spacial score (nSPS) is 10.9. The van der Waals surface area contributed by atoms with Crippen molar-refractivity contribution in [2.45, 2.75) is 18.4 Å². The molecule has 1 rings (SSSR count). The Morgan fingerprint density at radius 3 is 2.35 bits per heavy atom. The summed E-state index contributed by atoms with van der Waals surface area (Å²) in [6.07, 6.45) is 0.190. The van der Waals surface area contributed by atoms with E-state index >= 15 is 0 Å². The molecule has 0 aliphatic rings. The number of nitrogens with one attached hydrogen (secondary N) is 1. The molecule has 0 aliphatic carbocycles. The Morgan fingerprint density at radius 2 is 1.88 bits per heavy atom. The third-order valence-electron chi connectivity index (χ3n) is 2.24. The van der Waals surface area contributed by atoms with Crippen LogP contribution in [0.1, 0.15) is 12.5 Å². The molecule has 0 radical (unpaired) electrons. The number of hydrogen-bond donors (Lipinski definition) is 1. The fourth-order valence-corrected chi connectivity index (χ4v) is 2.10. The molecule has 1 aromatic carbocycles. The predicted octanol–water partition coefficient (Wildman–Crippen LogP) is 0.295. The molecule has 1 amide bonds. The van der Waals surface area contributed by atoms with E-state index in [1.165, 1.54) is 12.1 Å². The van der Waals surface area contributed by atoms with Crippen LogP contribution in [0.2, 0.25) is 0 Å². The Balaban J connectivity index is 2.75. The summed E-state index contributed by atoms with van der Waals surface area (Å²) in [4.78, 5) is 21.0. The fourth-order valence-electron chi connectivity index (χ4n) is 1.21. The number of sulfone groups is 1. The number of amides is 1. The summed E-state index contributed by atoms with van der Waals surface area (Å²) < 4.78 is 23.0. The molecule has 0 atom stereocenters. The first-order chi connectivity index (χ1) is 7.99. The van der Waals surface area contributed by atoms with Crippen LogP contribution in [0.4, 0.5) is 0 Å². The van der Waals surface area contributed by atoms with Crippen LogP contribution in [0.25, 0.3) is 0 Å². The number of carbonyl (C=O) groups excluding carboxylic acids is 2. The highest BCUT2D eigenvalue weighted by atomic mass is 32.2. The molecule has 5 nitrogen and oxygen atoms in total. The minimum atomic E-state index is -3.19. The molecule has 0 saturated carbocycles. The Morgan fingerprint density at radius 1 is 1.29 bits per heavy atom. The maximum Gasteiger partial charge on any atom is 0.284 e. The van der Waals surface area contributed by atoms with E-state index < -0.39 is 15.7 Å². The van der Waals surface area contributed by atoms with E-state index in [0.29, 0.717) is 0 Å². The Labute approximate surface area is 99.8 Å². The summed E-state index contributed by atoms with van der Waals surface area (Å²) in [7, 11) is -3.19. The van der Waals surface area contributed by atoms with E-state index in [9.17, 15) is 18.0 Å². The Hall–Kier alpha value is -1.69. The Kier molecular flexibility index (Phi) is 4.39. The topological polar surface area (TPSA) is 80.3 Å². The molecular formula is C11H13NO4S. The first-order valence-electron chi connectivity index (χ1n) is 5.04. The summed E-state index contributed by atoms with van der Waals surface area (Å²) in [6, 6.07) is 6.18. The summed E-state index contributed by atoms with van der Waals surface area (Å²) in [5.74, 6) is -0.649. The van der Waals surface area contributed by atoms with Gasteiger partial charge in [-0.3, -0.25) is 9.59 Å². The highest BCUT2D eigenvalue weighted by Crippen LogP contribution is 2.12. The third kappa shape index (κ3) is 3.67. The van der Waals surface area contributed by atoms with E-state index in [1.54, 1.807) is 19.1 Å². The van der Waals surface area contributed by atoms with Crippen LogP contribution in [-0.2, 0) is 26.0 Å². The lowest BCUT2D eigenvalue weighted by atomic mass is 10.2. The highest BCUT2D eigenvalue weighted by Gasteiger charge is 2.10. The lowest BCUT2D eigenvalue weighted by molar-refractivity contribution is -0.131. The van der Waals surface area contributed by atoms with Crippen molar-refractivity contribution in [3.8, 4) is 0 Å². The van der Waals surface area contributed by atoms with Crippen LogP contribution in [0.15, 0.2) is 29.2 Å². The quantitative estimate of drug-likeness (QED) is 0.606. The van der Waals surface area contributed by atoms with Gasteiger partial charge in [0.1, 0.15) is 0 Å². The standard InChI is InChI=1S/C11H13NO4S/c1-2-17(15,16)10-5-3-9(4-6-10)7-12-11(14)8-13/h3-6,8H,2,7H2,1H3,(H,12,14). The molecule has 92 valence electrons. The van der Waals surface area contributed by atoms with Gasteiger partial charge in [0.25, 0.3) is 5.91 Å². The van der Waals surface area contributed by atoms with Gasteiger partial charge in [-0.25, -0.2) is 8.42 Å². The van der Waals surface area contributed by atoms with Gasteiger partial charge >= 0.3 is 0 Å². The largest absolute Gasteiger partial charge is 0.346 e. The number of rotatable bonds is 5. The zero-order valence-corrected chi connectivity index (χ0v) is 10.2. The van der Waals surface area contributed by atoms with Crippen molar-refractivity contribution in [2.75, 3.05) is 5.75 Å². The van der Waals surface area contributed by atoms with Gasteiger partial charge < -0.3 is 5.32 Å². The molecule has 0 fully saturated rings. The zero-order chi connectivity index (χ0) is 12.9. The molecule has 6 heteroatoms. The minimum absolute atomic E-state index is 0.0498. The van der Waals surface area contributed by atoms with E-state index in [0.717, 1.165) is 5.56 Å². The minimum Gasteiger partial charge on any atom is -0.346 e. The van der Waals surface area contributed by atoms with E-state index in [-0.39, 0.29) is 23.5 Å². The van der Waals surface area contributed by atoms with Crippen molar-refractivity contribution in [2.24, 2.45) is 0 Å². The van der Waals surface area contributed by atoms with Crippen LogP contribution >= 0.6 is 0 Å². The van der Waals surface area contributed by atoms with Gasteiger partial charge in [-0.1, -0.05) is 19.1 Å². The van der Waals surface area contributed by atoms with E-state index in [4.69, 9.17) is 0 Å². The SMILES string of the molecule is CCS(=O)(=O)c1ccc(CNC(=O)C=O)cc1. The lowest BCUT2D eigenvalue weighted by Gasteiger charge is -2.04. The average molecular weight is 255 g/mol. The van der Waals surface area contributed by atoms with Gasteiger partial charge in [0.05, 0.1) is 10.6 Å². The Bertz CT molecular complexity index is 505. The first kappa shape index (κ1) is 13.4. The molecule has 1 N–H and O–H groups in total. The zero-order valence-electron chi connectivity index (χ0n) is 9.34. The molecule has 0 aliphatic heterocycles. The smallest absolute Gasteiger partial charge is 0.284 e. The maximum absolute atomic E-state index is 11.5. The van der Waals surface area contributed by atoms with Gasteiger partial charge in [-0.2, -0.15) is 0 Å². The third-order valence-corrected chi connectivity index (χ3v) is 3.99. The molecule has 17 heavy (non-hydrogen) atoms. The van der Waals surface area contributed by atoms with Gasteiger partial charge in [-0.05, 0) is 17.7 Å². The second-order valence-corrected chi connectivity index (χ2v) is 5.66. The van der Waals surface area contributed by atoms with Crippen LogP contribution in [0.3, 0.4) is 0 Å². The van der Waals surface area contributed by atoms with Gasteiger partial charge in [0.15, 0.2) is 9.84 Å². The van der Waals surface area contributed by atoms with Gasteiger partial charge in [0, 0.05) is 6.54 Å². The monoisotopic (exact) mass is 255 g/mol. The van der Waals surface area contributed by atoms with Gasteiger partial charge in [0.2, 0.25) is 6.29 Å². The van der Waals surface area contributed by atoms with E-state index in [2.05, 4.69) is 5.32 Å². The van der Waals surface area contributed by atoms with Crippen molar-refractivity contribution in [1.82, 2.24) is 5.32 Å². The molecule has 0 spiro atoms. The summed E-state index contributed by atoms with van der Waals surface area (Å²) in [5, 5.41) is 2.36. The number of hydrogen-bond acceptors (Lipinski definition) is 4. The van der Waals surface area contributed by atoms with Crippen molar-refractivity contribution in [3.63, 3.8) is 0 Å². The van der Waals surface area contributed by atoms with E-state index in [1.807, 2.05) is 0 Å². The van der Waals surface area contributed by atoms with Crippen molar-refractivity contribution >= 4 is 22.0 Å². The molecular weight excluding hydrogens is 242 g/mol. The van der Waals surface area contributed by atoms with Crippen molar-refractivity contribution < 1.29 is 18.0 Å².